The van der Waals surface area contributed by atoms with Crippen LogP contribution in [-0.4, -0.2) is 72.0 Å². The summed E-state index contributed by atoms with van der Waals surface area (Å²) in [4.78, 5) is 25.5. The van der Waals surface area contributed by atoms with Gasteiger partial charge >= 0.3 is 0 Å². The fourth-order valence-electron chi connectivity index (χ4n) is 3.85. The van der Waals surface area contributed by atoms with E-state index >= 15 is 0 Å². The number of anilines is 1. The molecule has 1 atom stereocenters. The van der Waals surface area contributed by atoms with Crippen molar-refractivity contribution in [2.24, 2.45) is 0 Å². The molecule has 0 radical (unpaired) electrons. The molecule has 1 fully saturated rings. The molecule has 0 aliphatic carbocycles. The molecule has 8 nitrogen and oxygen atoms in total. The van der Waals surface area contributed by atoms with E-state index in [1.807, 2.05) is 29.2 Å². The van der Waals surface area contributed by atoms with Crippen molar-refractivity contribution in [2.45, 2.75) is 19.0 Å². The highest BCUT2D eigenvalue weighted by Gasteiger charge is 2.39. The summed E-state index contributed by atoms with van der Waals surface area (Å²) >= 11 is 0. The molecule has 1 amide bonds. The fourth-order valence-corrected chi connectivity index (χ4v) is 4.85. The monoisotopic (exact) mass is 401 g/mol. The number of fused-ring (bicyclic) bond motifs is 1. The molecule has 0 bridgehead atoms. The Balaban J connectivity index is 1.50. The summed E-state index contributed by atoms with van der Waals surface area (Å²) in [5.41, 5.74) is 2.00. The molecule has 1 aromatic carbocycles. The molecule has 0 saturated carbocycles. The van der Waals surface area contributed by atoms with Crippen LogP contribution in [-0.2, 0) is 27.8 Å². The van der Waals surface area contributed by atoms with Gasteiger partial charge in [0.25, 0.3) is 0 Å². The van der Waals surface area contributed by atoms with Crippen LogP contribution in [0.4, 0.5) is 5.95 Å². The molecular weight excluding hydrogens is 378 g/mol. The third-order valence-electron chi connectivity index (χ3n) is 5.34. The van der Waals surface area contributed by atoms with E-state index in [2.05, 4.69) is 9.97 Å². The van der Waals surface area contributed by atoms with Gasteiger partial charge in [0.15, 0.2) is 0 Å². The number of carbonyl (C=O) groups is 1. The first-order valence-electron chi connectivity index (χ1n) is 9.28. The SMILES string of the molecule is CS(=O)(=O)N1Cc2ccccc2C[C@@H]1C(=O)N1CCN(c2ncccn2)CC1. The summed E-state index contributed by atoms with van der Waals surface area (Å²) in [7, 11) is -3.50. The second-order valence-electron chi connectivity index (χ2n) is 7.16. The largest absolute Gasteiger partial charge is 0.338 e. The number of benzene rings is 1. The standard InChI is InChI=1S/C19H23N5O3S/c1-28(26,27)24-14-16-6-3-2-5-15(16)13-17(24)18(25)22-9-11-23(12-10-22)19-20-7-4-8-21-19/h2-8,17H,9-14H2,1H3/t17-/m1/s1. The summed E-state index contributed by atoms with van der Waals surface area (Å²) in [5.74, 6) is 0.521. The van der Waals surface area contributed by atoms with Crippen molar-refractivity contribution in [1.82, 2.24) is 19.2 Å². The van der Waals surface area contributed by atoms with Gasteiger partial charge in [-0.1, -0.05) is 24.3 Å². The maximum absolute atomic E-state index is 13.2. The highest BCUT2D eigenvalue weighted by Crippen LogP contribution is 2.27. The minimum atomic E-state index is -3.50. The zero-order valence-electron chi connectivity index (χ0n) is 15.7. The highest BCUT2D eigenvalue weighted by molar-refractivity contribution is 7.88. The van der Waals surface area contributed by atoms with Gasteiger partial charge in [-0.25, -0.2) is 18.4 Å². The maximum Gasteiger partial charge on any atom is 0.241 e. The first-order chi connectivity index (χ1) is 13.4. The predicted molar refractivity (Wildman–Crippen MR) is 105 cm³/mol. The zero-order chi connectivity index (χ0) is 19.7. The molecule has 4 rings (SSSR count). The summed E-state index contributed by atoms with van der Waals surface area (Å²) in [6.45, 7) is 2.53. The van der Waals surface area contributed by atoms with Crippen molar-refractivity contribution in [3.05, 3.63) is 53.9 Å². The van der Waals surface area contributed by atoms with Gasteiger partial charge in [-0.2, -0.15) is 4.31 Å². The molecule has 9 heteroatoms. The van der Waals surface area contributed by atoms with Crippen LogP contribution in [0.3, 0.4) is 0 Å². The third kappa shape index (κ3) is 3.72. The predicted octanol–water partition coefficient (Wildman–Crippen LogP) is 0.512. The molecule has 1 aromatic heterocycles. The molecule has 2 aliphatic rings. The first kappa shape index (κ1) is 18.8. The number of amides is 1. The topological polar surface area (TPSA) is 86.7 Å². The van der Waals surface area contributed by atoms with Crippen LogP contribution in [0.1, 0.15) is 11.1 Å². The Labute approximate surface area is 164 Å². The van der Waals surface area contributed by atoms with E-state index in [-0.39, 0.29) is 12.5 Å². The Morgan fingerprint density at radius 2 is 1.64 bits per heavy atom. The Morgan fingerprint density at radius 1 is 1.00 bits per heavy atom. The smallest absolute Gasteiger partial charge is 0.241 e. The molecule has 28 heavy (non-hydrogen) atoms. The molecule has 2 aliphatic heterocycles. The number of nitrogens with zero attached hydrogens (tertiary/aromatic N) is 5. The zero-order valence-corrected chi connectivity index (χ0v) is 16.5. The minimum absolute atomic E-state index is 0.131. The van der Waals surface area contributed by atoms with E-state index in [0.717, 1.165) is 11.1 Å². The first-order valence-corrected chi connectivity index (χ1v) is 11.1. The molecule has 0 spiro atoms. The van der Waals surface area contributed by atoms with Gasteiger partial charge in [-0.15, -0.1) is 0 Å². The molecule has 3 heterocycles. The van der Waals surface area contributed by atoms with Crippen molar-refractivity contribution in [2.75, 3.05) is 37.3 Å². The lowest BCUT2D eigenvalue weighted by molar-refractivity contribution is -0.136. The second kappa shape index (κ2) is 7.48. The summed E-state index contributed by atoms with van der Waals surface area (Å²) in [6, 6.07) is 8.79. The van der Waals surface area contributed by atoms with Crippen LogP contribution < -0.4 is 4.90 Å². The van der Waals surface area contributed by atoms with Crippen molar-refractivity contribution in [3.8, 4) is 0 Å². The van der Waals surface area contributed by atoms with Crippen LogP contribution in [0, 0.1) is 0 Å². The number of hydrogen-bond acceptors (Lipinski definition) is 6. The van der Waals surface area contributed by atoms with Gasteiger partial charge in [0, 0.05) is 45.1 Å². The van der Waals surface area contributed by atoms with Gasteiger partial charge in [-0.3, -0.25) is 4.79 Å². The van der Waals surface area contributed by atoms with Gasteiger partial charge in [0.2, 0.25) is 21.9 Å². The van der Waals surface area contributed by atoms with Crippen LogP contribution in [0.25, 0.3) is 0 Å². The van der Waals surface area contributed by atoms with E-state index in [4.69, 9.17) is 0 Å². The molecule has 148 valence electrons. The van der Waals surface area contributed by atoms with Gasteiger partial charge in [0.1, 0.15) is 6.04 Å². The summed E-state index contributed by atoms with van der Waals surface area (Å²) < 4.78 is 26.1. The normalized spacial score (nSPS) is 20.7. The van der Waals surface area contributed by atoms with Gasteiger partial charge in [-0.05, 0) is 23.6 Å². The second-order valence-corrected chi connectivity index (χ2v) is 9.09. The Bertz CT molecular complexity index is 959. The van der Waals surface area contributed by atoms with Gasteiger partial charge in [0.05, 0.1) is 6.26 Å². The third-order valence-corrected chi connectivity index (χ3v) is 6.58. The molecule has 1 saturated heterocycles. The van der Waals surface area contributed by atoms with E-state index in [1.54, 1.807) is 23.4 Å². The van der Waals surface area contributed by atoms with Crippen molar-refractivity contribution < 1.29 is 13.2 Å². The lowest BCUT2D eigenvalue weighted by Gasteiger charge is -2.40. The molecule has 0 unspecified atom stereocenters. The average Bonchev–Trinajstić information content (AvgIpc) is 2.72. The summed E-state index contributed by atoms with van der Waals surface area (Å²) in [5, 5.41) is 0. The number of hydrogen-bond donors (Lipinski definition) is 0. The molecule has 0 N–H and O–H groups in total. The lowest BCUT2D eigenvalue weighted by Crippen LogP contribution is -2.57. The van der Waals surface area contributed by atoms with E-state index in [0.29, 0.717) is 38.5 Å². The Kier molecular flexibility index (Phi) is 5.03. The lowest BCUT2D eigenvalue weighted by atomic mass is 9.95. The number of piperazine rings is 1. The number of rotatable bonds is 3. The van der Waals surface area contributed by atoms with Crippen molar-refractivity contribution in [3.63, 3.8) is 0 Å². The molecule has 2 aromatic rings. The van der Waals surface area contributed by atoms with Crippen molar-refractivity contribution in [1.29, 1.82) is 0 Å². The Morgan fingerprint density at radius 3 is 2.29 bits per heavy atom. The highest BCUT2D eigenvalue weighted by atomic mass is 32.2. The number of aromatic nitrogens is 2. The quantitative estimate of drug-likeness (QED) is 0.745. The minimum Gasteiger partial charge on any atom is -0.338 e. The van der Waals surface area contributed by atoms with Gasteiger partial charge < -0.3 is 9.80 Å². The number of sulfonamides is 1. The van der Waals surface area contributed by atoms with E-state index < -0.39 is 16.1 Å². The summed E-state index contributed by atoms with van der Waals surface area (Å²) in [6.07, 6.45) is 4.97. The Hall–Kier alpha value is -2.52. The van der Waals surface area contributed by atoms with E-state index in [9.17, 15) is 13.2 Å². The average molecular weight is 401 g/mol. The van der Waals surface area contributed by atoms with E-state index in [1.165, 1.54) is 10.6 Å². The van der Waals surface area contributed by atoms with Crippen LogP contribution in [0.5, 0.6) is 0 Å². The number of carbonyl (C=O) groups excluding carboxylic acids is 1. The van der Waals surface area contributed by atoms with Crippen LogP contribution in [0.15, 0.2) is 42.7 Å². The van der Waals surface area contributed by atoms with Crippen LogP contribution >= 0.6 is 0 Å². The van der Waals surface area contributed by atoms with Crippen molar-refractivity contribution >= 4 is 21.9 Å². The maximum atomic E-state index is 13.2. The fraction of sp³-hybridized carbons (Fsp3) is 0.421. The molecular formula is C19H23N5O3S. The van der Waals surface area contributed by atoms with Crippen LogP contribution in [0.2, 0.25) is 0 Å².